The number of rotatable bonds is 10. The Hall–Kier alpha value is -4.95. The molecule has 0 fully saturated rings. The number of aromatic nitrogens is 2. The van der Waals surface area contributed by atoms with Gasteiger partial charge in [0.05, 0.1) is 15.9 Å². The largest absolute Gasteiger partial charge is 0.373 e. The highest BCUT2D eigenvalue weighted by molar-refractivity contribution is 7.99. The molecule has 0 aliphatic carbocycles. The molecule has 0 spiro atoms. The van der Waals surface area contributed by atoms with Gasteiger partial charge < -0.3 is 15.3 Å². The highest BCUT2D eigenvalue weighted by Crippen LogP contribution is 2.37. The van der Waals surface area contributed by atoms with Crippen LogP contribution in [0.4, 0.5) is 0 Å². The third-order valence-corrected chi connectivity index (χ3v) is 10.1. The van der Waals surface area contributed by atoms with E-state index >= 15 is 0 Å². The summed E-state index contributed by atoms with van der Waals surface area (Å²) in [5, 5.41) is 28.9. The number of carbonyl (C=O) groups is 1. The molecule has 46 heavy (non-hydrogen) atoms. The average Bonchev–Trinajstić information content (AvgIpc) is 3.72. The number of aliphatic hydroxyl groups excluding tert-OH is 1. The number of para-hydroxylation sites is 1. The van der Waals surface area contributed by atoms with Crippen LogP contribution in [0.1, 0.15) is 11.1 Å². The van der Waals surface area contributed by atoms with Gasteiger partial charge in [0.2, 0.25) is 0 Å². The Kier molecular flexibility index (Phi) is 8.90. The number of amides is 1. The third kappa shape index (κ3) is 6.26. The Bertz CT molecular complexity index is 2240. The van der Waals surface area contributed by atoms with Gasteiger partial charge >= 0.3 is 0 Å². The van der Waals surface area contributed by atoms with Crippen LogP contribution in [0.3, 0.4) is 0 Å². The molecule has 0 bridgehead atoms. The molecule has 0 saturated heterocycles. The number of hydroxylamine groups is 2. The van der Waals surface area contributed by atoms with Crippen molar-refractivity contribution in [1.82, 2.24) is 19.9 Å². The number of benzene rings is 4. The molecule has 1 atom stereocenters. The minimum atomic E-state index is -3.97. The monoisotopic (exact) mass is 652 g/mol. The Balaban J connectivity index is 1.29. The lowest BCUT2D eigenvalue weighted by atomic mass is 10.1. The lowest BCUT2D eigenvalue weighted by Crippen LogP contribution is -2.21. The predicted molar refractivity (Wildman–Crippen MR) is 178 cm³/mol. The first kappa shape index (κ1) is 31.0. The number of nitrogens with one attached hydrogen (secondary N) is 3. The number of hydrogen-bond donors (Lipinski definition) is 6. The van der Waals surface area contributed by atoms with Gasteiger partial charge in [0.25, 0.3) is 15.9 Å². The van der Waals surface area contributed by atoms with Crippen LogP contribution in [-0.2, 0) is 14.8 Å². The Morgan fingerprint density at radius 2 is 1.61 bits per heavy atom. The van der Waals surface area contributed by atoms with Crippen LogP contribution in [-0.4, -0.2) is 45.0 Å². The molecule has 0 radical (unpaired) electrons. The molecule has 6 aromatic rings. The van der Waals surface area contributed by atoms with E-state index in [0.29, 0.717) is 16.5 Å². The van der Waals surface area contributed by atoms with E-state index in [2.05, 4.69) is 4.98 Å². The number of hydrogen-bond acceptors (Lipinski definition) is 8. The van der Waals surface area contributed by atoms with E-state index in [1.54, 1.807) is 65.8 Å². The molecule has 6 N–H and O–H groups in total. The van der Waals surface area contributed by atoms with Crippen molar-refractivity contribution in [2.24, 2.45) is 0 Å². The zero-order valence-electron chi connectivity index (χ0n) is 24.0. The second-order valence-electron chi connectivity index (χ2n) is 10.2. The van der Waals surface area contributed by atoms with Gasteiger partial charge in [-0.2, -0.15) is 5.48 Å². The molecule has 1 unspecified atom stereocenters. The van der Waals surface area contributed by atoms with Crippen LogP contribution in [0, 0.1) is 0 Å². The summed E-state index contributed by atoms with van der Waals surface area (Å²) >= 11 is 1.56. The van der Waals surface area contributed by atoms with Crippen LogP contribution >= 0.6 is 11.8 Å². The van der Waals surface area contributed by atoms with Crippen molar-refractivity contribution in [2.45, 2.75) is 20.9 Å². The molecule has 2 aromatic heterocycles. The smallest absolute Gasteiger partial charge is 0.268 e. The molecule has 2 heterocycles. The second kappa shape index (κ2) is 13.2. The molecular weight excluding hydrogens is 625 g/mol. The molecule has 6 rings (SSSR count). The van der Waals surface area contributed by atoms with Crippen molar-refractivity contribution < 1.29 is 28.7 Å². The number of aromatic amines is 1. The van der Waals surface area contributed by atoms with Gasteiger partial charge in [-0.1, -0.05) is 72.4 Å². The van der Waals surface area contributed by atoms with Crippen molar-refractivity contribution in [3.05, 3.63) is 127 Å². The zero-order valence-corrected chi connectivity index (χ0v) is 25.7. The zero-order chi connectivity index (χ0) is 32.3. The van der Waals surface area contributed by atoms with E-state index in [4.69, 9.17) is 10.4 Å². The number of H-pyrrole nitrogens is 1. The molecular formula is C34H28N4O6S2. The first-order valence-corrected chi connectivity index (χ1v) is 16.3. The maximum absolute atomic E-state index is 13.9. The van der Waals surface area contributed by atoms with Gasteiger partial charge in [0.1, 0.15) is 6.23 Å². The fraction of sp³-hybridized carbons (Fsp3) is 0.0294. The summed E-state index contributed by atoms with van der Waals surface area (Å²) in [7, 11) is -3.97. The van der Waals surface area contributed by atoms with Crippen LogP contribution in [0.15, 0.2) is 130 Å². The fourth-order valence-electron chi connectivity index (χ4n) is 5.15. The van der Waals surface area contributed by atoms with Crippen molar-refractivity contribution in [3.8, 4) is 11.1 Å². The quantitative estimate of drug-likeness (QED) is 0.0455. The van der Waals surface area contributed by atoms with Gasteiger partial charge in [0.15, 0.2) is 0 Å². The van der Waals surface area contributed by atoms with Crippen LogP contribution in [0.25, 0.3) is 45.1 Å². The van der Waals surface area contributed by atoms with Gasteiger partial charge in [0, 0.05) is 39.0 Å². The van der Waals surface area contributed by atoms with Crippen molar-refractivity contribution >= 4 is 61.7 Å². The van der Waals surface area contributed by atoms with E-state index < -0.39 is 22.2 Å². The number of carbonyl (C=O) groups excluding carboxylic acids is 1. The SMILES string of the molecule is O=C(/C=C\c1cccc2c1ccn2S(=O)(=O)c1cccc(-c2cccc(Sc3c[nH]c4c(/C=C/C(O)NO)cccc34)c2)c1)NO. The minimum Gasteiger partial charge on any atom is -0.373 e. The highest BCUT2D eigenvalue weighted by Gasteiger charge is 2.20. The fourth-order valence-corrected chi connectivity index (χ4v) is 7.53. The van der Waals surface area contributed by atoms with Crippen LogP contribution < -0.4 is 11.0 Å². The van der Waals surface area contributed by atoms with Crippen LogP contribution in [0.2, 0.25) is 0 Å². The summed E-state index contributed by atoms with van der Waals surface area (Å²) in [5.74, 6) is -0.693. The Morgan fingerprint density at radius 3 is 2.41 bits per heavy atom. The summed E-state index contributed by atoms with van der Waals surface area (Å²) in [6, 6.07) is 27.3. The third-order valence-electron chi connectivity index (χ3n) is 7.34. The van der Waals surface area contributed by atoms with Crippen molar-refractivity contribution in [2.75, 3.05) is 0 Å². The minimum absolute atomic E-state index is 0.125. The second-order valence-corrected chi connectivity index (χ2v) is 13.1. The predicted octanol–water partition coefficient (Wildman–Crippen LogP) is 6.01. The summed E-state index contributed by atoms with van der Waals surface area (Å²) in [5.41, 5.74) is 7.71. The maximum atomic E-state index is 13.9. The van der Waals surface area contributed by atoms with Crippen molar-refractivity contribution in [1.29, 1.82) is 0 Å². The average molecular weight is 653 g/mol. The molecule has 0 aliphatic heterocycles. The normalized spacial score (nSPS) is 12.8. The number of nitrogens with zero attached hydrogens (tertiary/aromatic N) is 1. The molecule has 4 aromatic carbocycles. The topological polar surface area (TPSA) is 157 Å². The molecule has 1 amide bonds. The molecule has 0 saturated carbocycles. The first-order valence-electron chi connectivity index (χ1n) is 14.0. The number of fused-ring (bicyclic) bond motifs is 2. The van der Waals surface area contributed by atoms with Crippen molar-refractivity contribution in [3.63, 3.8) is 0 Å². The summed E-state index contributed by atoms with van der Waals surface area (Å²) in [6.45, 7) is 0. The summed E-state index contributed by atoms with van der Waals surface area (Å²) in [4.78, 5) is 16.8. The first-order chi connectivity index (χ1) is 22.3. The van der Waals surface area contributed by atoms with E-state index in [0.717, 1.165) is 43.5 Å². The van der Waals surface area contributed by atoms with E-state index in [1.807, 2.05) is 54.7 Å². The maximum Gasteiger partial charge on any atom is 0.268 e. The van der Waals surface area contributed by atoms with Gasteiger partial charge in [-0.25, -0.2) is 17.9 Å². The number of aliphatic hydroxyl groups is 1. The van der Waals surface area contributed by atoms with Gasteiger partial charge in [-0.05, 0) is 70.8 Å². The summed E-state index contributed by atoms with van der Waals surface area (Å²) in [6.07, 6.45) is 8.05. The Morgan fingerprint density at radius 1 is 0.870 bits per heavy atom. The molecule has 12 heteroatoms. The molecule has 232 valence electrons. The van der Waals surface area contributed by atoms with Crippen LogP contribution in [0.5, 0.6) is 0 Å². The summed E-state index contributed by atoms with van der Waals surface area (Å²) < 4.78 is 28.9. The van der Waals surface area contributed by atoms with E-state index in [-0.39, 0.29) is 4.90 Å². The van der Waals surface area contributed by atoms with E-state index in [1.165, 1.54) is 27.8 Å². The lowest BCUT2D eigenvalue weighted by Gasteiger charge is -2.11. The molecule has 10 nitrogen and oxygen atoms in total. The van der Waals surface area contributed by atoms with E-state index in [9.17, 15) is 18.3 Å². The standard InChI is InChI=1S/C34H28N4O6S2/c39-32(36-41)15-13-22-5-4-12-30-28(22)17-18-38(30)46(43,44)27-10-2-8-25(20-27)24-7-1-9-26(19-24)45-31-21-35-34-23(6-3-11-29(31)34)14-16-33(40)37-42/h1-21,33,35,37,40-42H,(H,36,39)/b15-13-,16-14+. The van der Waals surface area contributed by atoms with Gasteiger partial charge in [-0.3, -0.25) is 10.0 Å². The Labute approximate surface area is 268 Å². The molecule has 0 aliphatic rings. The lowest BCUT2D eigenvalue weighted by molar-refractivity contribution is -0.124. The highest BCUT2D eigenvalue weighted by atomic mass is 32.2. The van der Waals surface area contributed by atoms with Gasteiger partial charge in [-0.15, -0.1) is 0 Å².